The summed E-state index contributed by atoms with van der Waals surface area (Å²) in [6, 6.07) is 3.33. The monoisotopic (exact) mass is 163 g/mol. The maximum Gasteiger partial charge on any atom is 0.197 e. The van der Waals surface area contributed by atoms with Crippen molar-refractivity contribution in [3.8, 4) is 5.75 Å². The standard InChI is InChI=1S/C8H9N3O/c1-2-7-9-8-6(12)4-3-5-11(8)10-7/h3-5,12H,2H2,1H3. The molecule has 0 aromatic carbocycles. The van der Waals surface area contributed by atoms with E-state index in [2.05, 4.69) is 10.1 Å². The summed E-state index contributed by atoms with van der Waals surface area (Å²) in [5.41, 5.74) is 0.523. The molecule has 2 rings (SSSR count). The second kappa shape index (κ2) is 2.48. The van der Waals surface area contributed by atoms with Gasteiger partial charge in [-0.05, 0) is 12.1 Å². The molecule has 0 amide bonds. The van der Waals surface area contributed by atoms with Crippen LogP contribution in [0.15, 0.2) is 18.3 Å². The molecule has 4 nitrogen and oxygen atoms in total. The number of fused-ring (bicyclic) bond motifs is 1. The first kappa shape index (κ1) is 7.09. The van der Waals surface area contributed by atoms with Crippen LogP contribution in [0.5, 0.6) is 5.75 Å². The smallest absolute Gasteiger partial charge is 0.197 e. The van der Waals surface area contributed by atoms with Crippen molar-refractivity contribution in [2.24, 2.45) is 0 Å². The molecule has 0 saturated carbocycles. The number of nitrogens with zero attached hydrogens (tertiary/aromatic N) is 3. The van der Waals surface area contributed by atoms with Crippen molar-refractivity contribution in [3.05, 3.63) is 24.2 Å². The highest BCUT2D eigenvalue weighted by atomic mass is 16.3. The van der Waals surface area contributed by atoms with Crippen molar-refractivity contribution in [1.82, 2.24) is 14.6 Å². The number of hydrogen-bond donors (Lipinski definition) is 1. The Hall–Kier alpha value is -1.58. The first-order valence-corrected chi connectivity index (χ1v) is 3.84. The molecule has 0 atom stereocenters. The minimum absolute atomic E-state index is 0.171. The minimum Gasteiger partial charge on any atom is -0.504 e. The molecule has 0 saturated heterocycles. The maximum absolute atomic E-state index is 9.36. The van der Waals surface area contributed by atoms with Gasteiger partial charge < -0.3 is 5.11 Å². The number of rotatable bonds is 1. The van der Waals surface area contributed by atoms with Crippen molar-refractivity contribution in [3.63, 3.8) is 0 Å². The van der Waals surface area contributed by atoms with Crippen LogP contribution in [0.3, 0.4) is 0 Å². The fourth-order valence-electron chi connectivity index (χ4n) is 1.09. The summed E-state index contributed by atoms with van der Waals surface area (Å²) in [7, 11) is 0. The van der Waals surface area contributed by atoms with E-state index in [9.17, 15) is 5.11 Å². The van der Waals surface area contributed by atoms with Crippen molar-refractivity contribution in [2.75, 3.05) is 0 Å². The van der Waals surface area contributed by atoms with Gasteiger partial charge in [-0.3, -0.25) is 0 Å². The first-order valence-electron chi connectivity index (χ1n) is 3.84. The Labute approximate surface area is 69.5 Å². The third-order valence-corrected chi connectivity index (χ3v) is 1.70. The van der Waals surface area contributed by atoms with Gasteiger partial charge in [-0.2, -0.15) is 5.10 Å². The van der Waals surface area contributed by atoms with Gasteiger partial charge in [0, 0.05) is 12.6 Å². The molecule has 0 aliphatic heterocycles. The van der Waals surface area contributed by atoms with Crippen LogP contribution in [0, 0.1) is 0 Å². The van der Waals surface area contributed by atoms with Crippen LogP contribution in [0.2, 0.25) is 0 Å². The van der Waals surface area contributed by atoms with E-state index >= 15 is 0 Å². The Bertz CT molecular complexity index is 408. The molecule has 0 fully saturated rings. The fourth-order valence-corrected chi connectivity index (χ4v) is 1.09. The van der Waals surface area contributed by atoms with Crippen molar-refractivity contribution < 1.29 is 5.11 Å². The summed E-state index contributed by atoms with van der Waals surface area (Å²) in [4.78, 5) is 4.13. The fraction of sp³-hybridized carbons (Fsp3) is 0.250. The summed E-state index contributed by atoms with van der Waals surface area (Å²) in [6.07, 6.45) is 2.54. The molecule has 0 radical (unpaired) electrons. The lowest BCUT2D eigenvalue weighted by atomic mass is 10.4. The SMILES string of the molecule is CCc1nc2c(O)cccn2n1. The van der Waals surface area contributed by atoms with E-state index in [0.29, 0.717) is 5.65 Å². The van der Waals surface area contributed by atoms with Crippen molar-refractivity contribution >= 4 is 5.65 Å². The van der Waals surface area contributed by atoms with E-state index < -0.39 is 0 Å². The molecule has 4 heteroatoms. The van der Waals surface area contributed by atoms with Gasteiger partial charge in [-0.25, -0.2) is 9.50 Å². The lowest BCUT2D eigenvalue weighted by Gasteiger charge is -1.91. The summed E-state index contributed by atoms with van der Waals surface area (Å²) in [6.45, 7) is 1.98. The highest BCUT2D eigenvalue weighted by Gasteiger charge is 2.03. The second-order valence-corrected chi connectivity index (χ2v) is 2.54. The molecule has 2 aromatic heterocycles. The Kier molecular flexibility index (Phi) is 1.46. The molecule has 2 heterocycles. The zero-order valence-corrected chi connectivity index (χ0v) is 6.73. The second-order valence-electron chi connectivity index (χ2n) is 2.54. The van der Waals surface area contributed by atoms with Gasteiger partial charge in [0.05, 0.1) is 0 Å². The Morgan fingerprint density at radius 2 is 2.42 bits per heavy atom. The molecule has 0 spiro atoms. The number of aryl methyl sites for hydroxylation is 1. The van der Waals surface area contributed by atoms with E-state index in [0.717, 1.165) is 12.2 Å². The average molecular weight is 163 g/mol. The van der Waals surface area contributed by atoms with Crippen molar-refractivity contribution in [1.29, 1.82) is 0 Å². The molecule has 0 unspecified atom stereocenters. The quantitative estimate of drug-likeness (QED) is 0.682. The van der Waals surface area contributed by atoms with Crippen LogP contribution < -0.4 is 0 Å². The van der Waals surface area contributed by atoms with Crippen LogP contribution in [-0.4, -0.2) is 19.7 Å². The van der Waals surface area contributed by atoms with Crippen LogP contribution in [0.1, 0.15) is 12.7 Å². The number of pyridine rings is 1. The normalized spacial score (nSPS) is 10.8. The summed E-state index contributed by atoms with van der Waals surface area (Å²) < 4.78 is 1.58. The summed E-state index contributed by atoms with van der Waals surface area (Å²) >= 11 is 0. The van der Waals surface area contributed by atoms with Gasteiger partial charge in [0.15, 0.2) is 17.2 Å². The molecular weight excluding hydrogens is 154 g/mol. The van der Waals surface area contributed by atoms with Gasteiger partial charge in [0.2, 0.25) is 0 Å². The van der Waals surface area contributed by atoms with Gasteiger partial charge in [-0.1, -0.05) is 6.92 Å². The first-order chi connectivity index (χ1) is 5.81. The molecule has 0 aliphatic rings. The third kappa shape index (κ3) is 0.922. The van der Waals surface area contributed by atoms with E-state index in [4.69, 9.17) is 0 Å². The van der Waals surface area contributed by atoms with Gasteiger partial charge in [0.1, 0.15) is 0 Å². The van der Waals surface area contributed by atoms with E-state index in [1.807, 2.05) is 6.92 Å². The van der Waals surface area contributed by atoms with Crippen molar-refractivity contribution in [2.45, 2.75) is 13.3 Å². The average Bonchev–Trinajstić information content (AvgIpc) is 2.49. The largest absolute Gasteiger partial charge is 0.504 e. The maximum atomic E-state index is 9.36. The zero-order valence-electron chi connectivity index (χ0n) is 6.73. The number of hydrogen-bond acceptors (Lipinski definition) is 3. The Morgan fingerprint density at radius 3 is 3.08 bits per heavy atom. The zero-order chi connectivity index (χ0) is 8.55. The topological polar surface area (TPSA) is 50.4 Å². The van der Waals surface area contributed by atoms with Crippen LogP contribution in [0.4, 0.5) is 0 Å². The van der Waals surface area contributed by atoms with Gasteiger partial charge in [0.25, 0.3) is 0 Å². The molecule has 1 N–H and O–H groups in total. The lowest BCUT2D eigenvalue weighted by Crippen LogP contribution is -1.86. The Balaban J connectivity index is 2.74. The lowest BCUT2D eigenvalue weighted by molar-refractivity contribution is 0.477. The molecule has 12 heavy (non-hydrogen) atoms. The Morgan fingerprint density at radius 1 is 1.58 bits per heavy atom. The number of aromatic hydroxyl groups is 1. The minimum atomic E-state index is 0.171. The highest BCUT2D eigenvalue weighted by Crippen LogP contribution is 2.14. The predicted octanol–water partition coefficient (Wildman–Crippen LogP) is 0.997. The van der Waals surface area contributed by atoms with E-state index in [1.165, 1.54) is 0 Å². The highest BCUT2D eigenvalue weighted by molar-refractivity contribution is 5.51. The molecule has 2 aromatic rings. The van der Waals surface area contributed by atoms with E-state index in [1.54, 1.807) is 22.8 Å². The number of aromatic nitrogens is 3. The molecule has 0 bridgehead atoms. The van der Waals surface area contributed by atoms with Crippen LogP contribution >= 0.6 is 0 Å². The van der Waals surface area contributed by atoms with Gasteiger partial charge >= 0.3 is 0 Å². The third-order valence-electron chi connectivity index (χ3n) is 1.70. The molecule has 0 aliphatic carbocycles. The molecular formula is C8H9N3O. The van der Waals surface area contributed by atoms with Gasteiger partial charge in [-0.15, -0.1) is 0 Å². The molecule has 62 valence electrons. The van der Waals surface area contributed by atoms with Crippen LogP contribution in [0.25, 0.3) is 5.65 Å². The predicted molar refractivity (Wildman–Crippen MR) is 44.0 cm³/mol. The summed E-state index contributed by atoms with van der Waals surface area (Å²) in [5.74, 6) is 0.918. The van der Waals surface area contributed by atoms with E-state index in [-0.39, 0.29) is 5.75 Å². The van der Waals surface area contributed by atoms with Crippen LogP contribution in [-0.2, 0) is 6.42 Å². The summed E-state index contributed by atoms with van der Waals surface area (Å²) in [5, 5.41) is 13.5.